The van der Waals surface area contributed by atoms with Gasteiger partial charge in [0.1, 0.15) is 23.3 Å². The first-order valence-corrected chi connectivity index (χ1v) is 9.68. The molecule has 8 heteroatoms. The lowest BCUT2D eigenvalue weighted by atomic mass is 10.2. The van der Waals surface area contributed by atoms with Gasteiger partial charge in [0.2, 0.25) is 0 Å². The number of nitrogens with zero attached hydrogens (tertiary/aromatic N) is 3. The molecule has 0 fully saturated rings. The highest BCUT2D eigenvalue weighted by atomic mass is 32.2. The molecule has 2 aromatic heterocycles. The van der Waals surface area contributed by atoms with Gasteiger partial charge in [-0.2, -0.15) is 0 Å². The van der Waals surface area contributed by atoms with Crippen molar-refractivity contribution < 1.29 is 9.84 Å². The van der Waals surface area contributed by atoms with Gasteiger partial charge in [-0.15, -0.1) is 11.3 Å². The summed E-state index contributed by atoms with van der Waals surface area (Å²) in [4.78, 5) is 13.9. The molecule has 6 nitrogen and oxygen atoms in total. The molecule has 0 bridgehead atoms. The van der Waals surface area contributed by atoms with E-state index in [4.69, 9.17) is 4.74 Å². The molecule has 0 aliphatic heterocycles. The van der Waals surface area contributed by atoms with Crippen molar-refractivity contribution in [3.05, 3.63) is 42.2 Å². The number of aromatic nitrogens is 3. The smallest absolute Gasteiger partial charge is 0.141 e. The molecule has 0 aliphatic rings. The lowest BCUT2D eigenvalue weighted by molar-refractivity contribution is 0.283. The second kappa shape index (κ2) is 7.06. The van der Waals surface area contributed by atoms with Crippen LogP contribution in [0.15, 0.2) is 47.1 Å². The van der Waals surface area contributed by atoms with Crippen molar-refractivity contribution in [1.29, 1.82) is 0 Å². The summed E-state index contributed by atoms with van der Waals surface area (Å²) >= 11 is 2.93. The predicted octanol–water partition coefficient (Wildman–Crippen LogP) is 4.42. The summed E-state index contributed by atoms with van der Waals surface area (Å²) in [6.45, 7) is 1.72. The van der Waals surface area contributed by atoms with Gasteiger partial charge >= 0.3 is 0 Å². The first-order valence-electron chi connectivity index (χ1n) is 7.92. The molecule has 0 amide bonds. The summed E-state index contributed by atoms with van der Waals surface area (Å²) < 4.78 is 6.57. The number of fused-ring (bicyclic) bond motifs is 2. The quantitative estimate of drug-likeness (QED) is 0.389. The predicted molar refractivity (Wildman–Crippen MR) is 107 cm³/mol. The molecule has 1 unspecified atom stereocenters. The number of aliphatic hydroxyl groups excluding tert-OH is 1. The lowest BCUT2D eigenvalue weighted by Gasteiger charge is -2.13. The van der Waals surface area contributed by atoms with Crippen LogP contribution in [0.5, 0.6) is 5.75 Å². The summed E-state index contributed by atoms with van der Waals surface area (Å²) in [7, 11) is 1.61. The van der Waals surface area contributed by atoms with Crippen molar-refractivity contribution in [2.45, 2.75) is 17.3 Å². The van der Waals surface area contributed by atoms with Crippen LogP contribution in [0.25, 0.3) is 21.1 Å². The number of rotatable bonds is 5. The Morgan fingerprint density at radius 1 is 1.15 bits per heavy atom. The minimum atomic E-state index is -0.547. The number of anilines is 2. The molecule has 0 aliphatic carbocycles. The van der Waals surface area contributed by atoms with Crippen LogP contribution in [0.2, 0.25) is 0 Å². The van der Waals surface area contributed by atoms with E-state index in [2.05, 4.69) is 20.3 Å². The van der Waals surface area contributed by atoms with Crippen LogP contribution in [0.4, 0.5) is 11.5 Å². The van der Waals surface area contributed by atoms with E-state index in [1.54, 1.807) is 25.4 Å². The molecule has 2 N–H and O–H groups in total. The number of hydrogen-bond acceptors (Lipinski definition) is 8. The maximum atomic E-state index is 9.74. The van der Waals surface area contributed by atoms with Gasteiger partial charge in [-0.25, -0.2) is 15.0 Å². The lowest BCUT2D eigenvalue weighted by Crippen LogP contribution is -1.98. The molecular weight excluding hydrogens is 368 g/mol. The van der Waals surface area contributed by atoms with E-state index in [9.17, 15) is 5.11 Å². The summed E-state index contributed by atoms with van der Waals surface area (Å²) in [5, 5.41) is 13.9. The first kappa shape index (κ1) is 17.0. The van der Waals surface area contributed by atoms with Crippen LogP contribution in [0.3, 0.4) is 0 Å². The van der Waals surface area contributed by atoms with E-state index in [-0.39, 0.29) is 0 Å². The van der Waals surface area contributed by atoms with E-state index < -0.39 is 5.44 Å². The van der Waals surface area contributed by atoms with Gasteiger partial charge in [0.15, 0.2) is 0 Å². The van der Waals surface area contributed by atoms with E-state index in [1.165, 1.54) is 18.1 Å². The number of benzene rings is 2. The Bertz CT molecular complexity index is 1080. The largest absolute Gasteiger partial charge is 0.496 e. The van der Waals surface area contributed by atoms with Crippen molar-refractivity contribution in [2.24, 2.45) is 0 Å². The molecule has 2 aromatic carbocycles. The summed E-state index contributed by atoms with van der Waals surface area (Å²) in [6.07, 6.45) is 1.52. The van der Waals surface area contributed by atoms with Crippen molar-refractivity contribution in [3.8, 4) is 5.75 Å². The van der Waals surface area contributed by atoms with Crippen molar-refractivity contribution in [3.63, 3.8) is 0 Å². The van der Waals surface area contributed by atoms with Gasteiger partial charge in [0, 0.05) is 17.1 Å². The fourth-order valence-corrected chi connectivity index (χ4v) is 4.14. The zero-order valence-electron chi connectivity index (χ0n) is 14.1. The molecule has 0 spiro atoms. The molecule has 4 rings (SSSR count). The van der Waals surface area contributed by atoms with Crippen LogP contribution >= 0.6 is 23.1 Å². The SMILES string of the molecule is COc1cc2ncnc(Nc3ccc4scnc4c3)c2cc1SC(C)O. The Labute approximate surface area is 158 Å². The standard InChI is InChI=1S/C18H16N4O2S2/c1-10(23)26-17-6-12-13(7-15(17)24-2)19-8-20-18(12)22-11-3-4-16-14(5-11)21-9-25-16/h3-10,23H,1-2H3,(H,19,20,22). The third kappa shape index (κ3) is 3.31. The normalized spacial score (nSPS) is 12.4. The van der Waals surface area contributed by atoms with E-state index >= 15 is 0 Å². The third-order valence-electron chi connectivity index (χ3n) is 3.81. The monoisotopic (exact) mass is 384 g/mol. The number of aliphatic hydroxyl groups is 1. The zero-order chi connectivity index (χ0) is 18.1. The third-order valence-corrected chi connectivity index (χ3v) is 5.54. The maximum Gasteiger partial charge on any atom is 0.141 e. The average molecular weight is 384 g/mol. The minimum Gasteiger partial charge on any atom is -0.496 e. The van der Waals surface area contributed by atoms with Gasteiger partial charge in [0.05, 0.1) is 33.2 Å². The van der Waals surface area contributed by atoms with Crippen LogP contribution in [-0.2, 0) is 0 Å². The van der Waals surface area contributed by atoms with Gasteiger partial charge < -0.3 is 15.2 Å². The van der Waals surface area contributed by atoms with E-state index in [0.717, 1.165) is 31.7 Å². The van der Waals surface area contributed by atoms with E-state index in [1.807, 2.05) is 35.8 Å². The molecule has 2 heterocycles. The topological polar surface area (TPSA) is 80.2 Å². The van der Waals surface area contributed by atoms with Crippen molar-refractivity contribution in [2.75, 3.05) is 12.4 Å². The Balaban J connectivity index is 1.78. The van der Waals surface area contributed by atoms with Gasteiger partial charge in [0.25, 0.3) is 0 Å². The second-order valence-electron chi connectivity index (χ2n) is 5.62. The van der Waals surface area contributed by atoms with E-state index in [0.29, 0.717) is 11.6 Å². The number of hydrogen-bond donors (Lipinski definition) is 2. The molecule has 4 aromatic rings. The zero-order valence-corrected chi connectivity index (χ0v) is 15.8. The molecule has 132 valence electrons. The van der Waals surface area contributed by atoms with Crippen molar-refractivity contribution in [1.82, 2.24) is 15.0 Å². The Morgan fingerprint density at radius 2 is 2.04 bits per heavy atom. The maximum absolute atomic E-state index is 9.74. The molecule has 1 atom stereocenters. The van der Waals surface area contributed by atoms with Gasteiger partial charge in [-0.05, 0) is 31.2 Å². The molecule has 0 saturated carbocycles. The molecule has 26 heavy (non-hydrogen) atoms. The Kier molecular flexibility index (Phi) is 4.62. The second-order valence-corrected chi connectivity index (χ2v) is 7.86. The van der Waals surface area contributed by atoms with Gasteiger partial charge in [-0.1, -0.05) is 11.8 Å². The highest BCUT2D eigenvalue weighted by Crippen LogP contribution is 2.37. The van der Waals surface area contributed by atoms with Crippen LogP contribution < -0.4 is 10.1 Å². The number of thioether (sulfide) groups is 1. The van der Waals surface area contributed by atoms with Gasteiger partial charge in [-0.3, -0.25) is 0 Å². The number of methoxy groups -OCH3 is 1. The molecule has 0 radical (unpaired) electrons. The highest BCUT2D eigenvalue weighted by molar-refractivity contribution is 7.99. The first-order chi connectivity index (χ1) is 12.6. The fraction of sp³-hybridized carbons (Fsp3) is 0.167. The van der Waals surface area contributed by atoms with Crippen molar-refractivity contribution >= 4 is 55.7 Å². The van der Waals surface area contributed by atoms with Crippen LogP contribution in [-0.4, -0.2) is 32.6 Å². The number of ether oxygens (including phenoxy) is 1. The average Bonchev–Trinajstić information content (AvgIpc) is 3.09. The minimum absolute atomic E-state index is 0.547. The highest BCUT2D eigenvalue weighted by Gasteiger charge is 2.13. The summed E-state index contributed by atoms with van der Waals surface area (Å²) in [5.41, 5.74) is 3.91. The summed E-state index contributed by atoms with van der Waals surface area (Å²) in [6, 6.07) is 9.83. The van der Waals surface area contributed by atoms with Crippen LogP contribution in [0.1, 0.15) is 6.92 Å². The fourth-order valence-electron chi connectivity index (χ4n) is 2.67. The number of nitrogens with one attached hydrogen (secondary N) is 1. The van der Waals surface area contributed by atoms with Crippen LogP contribution in [0, 0.1) is 0 Å². The summed E-state index contributed by atoms with van der Waals surface area (Å²) in [5.74, 6) is 1.37. The Morgan fingerprint density at radius 3 is 2.85 bits per heavy atom. The number of thiazole rings is 1. The molecular formula is C18H16N4O2S2. The Hall–Kier alpha value is -2.42. The molecule has 0 saturated heterocycles.